The van der Waals surface area contributed by atoms with Gasteiger partial charge in [-0.05, 0) is 12.3 Å². The Morgan fingerprint density at radius 3 is 3.15 bits per heavy atom. The second-order valence-corrected chi connectivity index (χ2v) is 3.48. The molecule has 1 amide bonds. The zero-order chi connectivity index (χ0) is 9.26. The van der Waals surface area contributed by atoms with E-state index >= 15 is 0 Å². The van der Waals surface area contributed by atoms with Gasteiger partial charge < -0.3 is 9.32 Å². The molecule has 1 aliphatic heterocycles. The number of carbonyl (C=O) groups is 1. The topological polar surface area (TPSA) is 46.3 Å². The molecule has 1 atom stereocenters. The molecule has 1 fully saturated rings. The summed E-state index contributed by atoms with van der Waals surface area (Å²) in [6, 6.07) is 0. The maximum atomic E-state index is 11.6. The van der Waals surface area contributed by atoms with Gasteiger partial charge in [0, 0.05) is 13.1 Å². The standard InChI is InChI=1S/C9H12N2O2/c1-7-2-4-11(6-7)9(12)8-10-3-5-13-8/h3,5,7H,2,4,6H2,1H3. The van der Waals surface area contributed by atoms with Crippen molar-refractivity contribution in [3.8, 4) is 0 Å². The van der Waals surface area contributed by atoms with Gasteiger partial charge in [-0.2, -0.15) is 0 Å². The zero-order valence-electron chi connectivity index (χ0n) is 7.56. The molecule has 2 rings (SSSR count). The number of hydrogen-bond donors (Lipinski definition) is 0. The third-order valence-corrected chi connectivity index (χ3v) is 2.33. The van der Waals surface area contributed by atoms with E-state index in [9.17, 15) is 4.79 Å². The lowest BCUT2D eigenvalue weighted by Gasteiger charge is -2.12. The summed E-state index contributed by atoms with van der Waals surface area (Å²) in [6.45, 7) is 3.78. The highest BCUT2D eigenvalue weighted by molar-refractivity contribution is 5.89. The summed E-state index contributed by atoms with van der Waals surface area (Å²) in [5.41, 5.74) is 0. The lowest BCUT2D eigenvalue weighted by atomic mass is 10.2. The van der Waals surface area contributed by atoms with Crippen molar-refractivity contribution < 1.29 is 9.21 Å². The van der Waals surface area contributed by atoms with Crippen LogP contribution in [0.4, 0.5) is 0 Å². The van der Waals surface area contributed by atoms with Crippen LogP contribution in [0.3, 0.4) is 0 Å². The molecule has 2 heterocycles. The predicted octanol–water partition coefficient (Wildman–Crippen LogP) is 1.16. The number of carbonyl (C=O) groups excluding carboxylic acids is 1. The van der Waals surface area contributed by atoms with Crippen molar-refractivity contribution in [1.82, 2.24) is 9.88 Å². The third-order valence-electron chi connectivity index (χ3n) is 2.33. The predicted molar refractivity (Wildman–Crippen MR) is 46.2 cm³/mol. The Balaban J connectivity index is 2.06. The van der Waals surface area contributed by atoms with Crippen LogP contribution in [0.2, 0.25) is 0 Å². The molecule has 0 bridgehead atoms. The summed E-state index contributed by atoms with van der Waals surface area (Å²) in [6.07, 6.45) is 3.99. The van der Waals surface area contributed by atoms with Crippen LogP contribution in [0.5, 0.6) is 0 Å². The number of likely N-dealkylation sites (tertiary alicyclic amines) is 1. The Labute approximate surface area is 76.6 Å². The Hall–Kier alpha value is -1.32. The van der Waals surface area contributed by atoms with E-state index in [1.165, 1.54) is 12.5 Å². The third kappa shape index (κ3) is 1.56. The van der Waals surface area contributed by atoms with Gasteiger partial charge in [0.15, 0.2) is 0 Å². The molecule has 0 N–H and O–H groups in total. The fourth-order valence-corrected chi connectivity index (χ4v) is 1.58. The fraction of sp³-hybridized carbons (Fsp3) is 0.556. The van der Waals surface area contributed by atoms with Crippen LogP contribution in [0.15, 0.2) is 16.9 Å². The number of amides is 1. The van der Waals surface area contributed by atoms with E-state index in [4.69, 9.17) is 4.42 Å². The minimum Gasteiger partial charge on any atom is -0.441 e. The summed E-state index contributed by atoms with van der Waals surface area (Å²) >= 11 is 0. The summed E-state index contributed by atoms with van der Waals surface area (Å²) in [5, 5.41) is 0. The summed E-state index contributed by atoms with van der Waals surface area (Å²) < 4.78 is 4.94. The lowest BCUT2D eigenvalue weighted by Crippen LogP contribution is -2.28. The van der Waals surface area contributed by atoms with Gasteiger partial charge in [0.1, 0.15) is 6.26 Å². The molecule has 4 nitrogen and oxygen atoms in total. The molecule has 0 aliphatic carbocycles. The van der Waals surface area contributed by atoms with Crippen molar-refractivity contribution in [1.29, 1.82) is 0 Å². The van der Waals surface area contributed by atoms with Gasteiger partial charge >= 0.3 is 5.91 Å². The van der Waals surface area contributed by atoms with Crippen LogP contribution in [-0.2, 0) is 0 Å². The monoisotopic (exact) mass is 180 g/mol. The van der Waals surface area contributed by atoms with Gasteiger partial charge in [0.25, 0.3) is 5.89 Å². The minimum atomic E-state index is -0.0886. The van der Waals surface area contributed by atoms with E-state index in [-0.39, 0.29) is 11.8 Å². The van der Waals surface area contributed by atoms with Gasteiger partial charge in [-0.15, -0.1) is 0 Å². The Bertz CT molecular complexity index is 295. The van der Waals surface area contributed by atoms with E-state index in [1.807, 2.05) is 0 Å². The quantitative estimate of drug-likeness (QED) is 0.651. The SMILES string of the molecule is CC1CCN(C(=O)c2ncco2)C1. The number of nitrogens with zero attached hydrogens (tertiary/aromatic N) is 2. The number of rotatable bonds is 1. The van der Waals surface area contributed by atoms with Crippen molar-refractivity contribution >= 4 is 5.91 Å². The smallest absolute Gasteiger partial charge is 0.309 e. The lowest BCUT2D eigenvalue weighted by molar-refractivity contribution is 0.0748. The van der Waals surface area contributed by atoms with E-state index in [2.05, 4.69) is 11.9 Å². The zero-order valence-corrected chi connectivity index (χ0v) is 7.56. The van der Waals surface area contributed by atoms with Gasteiger partial charge in [-0.3, -0.25) is 4.79 Å². The van der Waals surface area contributed by atoms with Crippen LogP contribution < -0.4 is 0 Å². The van der Waals surface area contributed by atoms with E-state index in [1.54, 1.807) is 4.90 Å². The molecule has 0 spiro atoms. The molecule has 70 valence electrons. The molecule has 1 unspecified atom stereocenters. The maximum Gasteiger partial charge on any atom is 0.309 e. The minimum absolute atomic E-state index is 0.0886. The molecule has 0 saturated carbocycles. The highest BCUT2D eigenvalue weighted by Gasteiger charge is 2.26. The summed E-state index contributed by atoms with van der Waals surface area (Å²) in [4.78, 5) is 17.2. The molecular weight excluding hydrogens is 168 g/mol. The first-order valence-corrected chi connectivity index (χ1v) is 4.46. The number of aromatic nitrogens is 1. The highest BCUT2D eigenvalue weighted by atomic mass is 16.4. The average Bonchev–Trinajstić information content (AvgIpc) is 2.72. The largest absolute Gasteiger partial charge is 0.441 e. The highest BCUT2D eigenvalue weighted by Crippen LogP contribution is 2.16. The maximum absolute atomic E-state index is 11.6. The Morgan fingerprint density at radius 2 is 2.62 bits per heavy atom. The molecular formula is C9H12N2O2. The first-order valence-electron chi connectivity index (χ1n) is 4.46. The van der Waals surface area contributed by atoms with E-state index < -0.39 is 0 Å². The molecule has 1 aromatic heterocycles. The average molecular weight is 180 g/mol. The number of oxazole rings is 1. The van der Waals surface area contributed by atoms with Crippen LogP contribution in [-0.4, -0.2) is 28.9 Å². The normalized spacial score (nSPS) is 22.2. The molecule has 0 radical (unpaired) electrons. The van der Waals surface area contributed by atoms with Gasteiger partial charge in [-0.25, -0.2) is 4.98 Å². The fourth-order valence-electron chi connectivity index (χ4n) is 1.58. The summed E-state index contributed by atoms with van der Waals surface area (Å²) in [7, 11) is 0. The Kier molecular flexibility index (Phi) is 2.04. The van der Waals surface area contributed by atoms with Gasteiger partial charge in [0.2, 0.25) is 0 Å². The van der Waals surface area contributed by atoms with Gasteiger partial charge in [-0.1, -0.05) is 6.92 Å². The second-order valence-electron chi connectivity index (χ2n) is 3.48. The summed E-state index contributed by atoms with van der Waals surface area (Å²) in [5.74, 6) is 0.711. The van der Waals surface area contributed by atoms with E-state index in [0.29, 0.717) is 5.92 Å². The van der Waals surface area contributed by atoms with Crippen LogP contribution in [0.1, 0.15) is 24.0 Å². The second kappa shape index (κ2) is 3.20. The van der Waals surface area contributed by atoms with Crippen molar-refractivity contribution in [2.45, 2.75) is 13.3 Å². The van der Waals surface area contributed by atoms with E-state index in [0.717, 1.165) is 19.5 Å². The van der Waals surface area contributed by atoms with Crippen LogP contribution in [0, 0.1) is 5.92 Å². The first kappa shape index (κ1) is 8.29. The van der Waals surface area contributed by atoms with Crippen molar-refractivity contribution in [3.05, 3.63) is 18.4 Å². The van der Waals surface area contributed by atoms with Crippen LogP contribution in [0.25, 0.3) is 0 Å². The molecule has 1 aliphatic rings. The van der Waals surface area contributed by atoms with Crippen molar-refractivity contribution in [2.75, 3.05) is 13.1 Å². The molecule has 13 heavy (non-hydrogen) atoms. The van der Waals surface area contributed by atoms with Gasteiger partial charge in [0.05, 0.1) is 6.20 Å². The van der Waals surface area contributed by atoms with Crippen molar-refractivity contribution in [2.24, 2.45) is 5.92 Å². The Morgan fingerprint density at radius 1 is 1.77 bits per heavy atom. The molecule has 4 heteroatoms. The molecule has 1 aromatic rings. The van der Waals surface area contributed by atoms with Crippen LogP contribution >= 0.6 is 0 Å². The molecule has 1 saturated heterocycles. The number of hydrogen-bond acceptors (Lipinski definition) is 3. The first-order chi connectivity index (χ1) is 6.27. The molecule has 0 aromatic carbocycles. The van der Waals surface area contributed by atoms with Crippen molar-refractivity contribution in [3.63, 3.8) is 0 Å².